The van der Waals surface area contributed by atoms with Gasteiger partial charge in [0.25, 0.3) is 0 Å². The Hall–Kier alpha value is -2.37. The first-order valence-electron chi connectivity index (χ1n) is 34.0. The Morgan fingerprint density at radius 1 is 0.263 bits per heavy atom. The average Bonchev–Trinajstić information content (AvgIpc) is 3.42. The molecule has 0 fully saturated rings. The van der Waals surface area contributed by atoms with Crippen LogP contribution in [-0.4, -0.2) is 37.2 Å². The fourth-order valence-electron chi connectivity index (χ4n) is 10.3. The third-order valence-corrected chi connectivity index (χ3v) is 15.4. The van der Waals surface area contributed by atoms with Crippen LogP contribution in [-0.2, 0) is 28.6 Å². The second-order valence-electron chi connectivity index (χ2n) is 23.1. The van der Waals surface area contributed by atoms with Gasteiger partial charge in [-0.05, 0) is 57.8 Å². The molecule has 0 saturated heterocycles. The van der Waals surface area contributed by atoms with Gasteiger partial charge in [0.2, 0.25) is 0 Å². The highest BCUT2D eigenvalue weighted by Gasteiger charge is 2.19. The van der Waals surface area contributed by atoms with Crippen LogP contribution in [0.4, 0.5) is 0 Å². The first-order valence-corrected chi connectivity index (χ1v) is 34.0. The van der Waals surface area contributed by atoms with Crippen LogP contribution in [0.5, 0.6) is 0 Å². The second kappa shape index (κ2) is 65.2. The highest BCUT2D eigenvalue weighted by atomic mass is 16.6. The summed E-state index contributed by atoms with van der Waals surface area (Å²) in [5.41, 5.74) is 0. The summed E-state index contributed by atoms with van der Waals surface area (Å²) in [5.74, 6) is -0.845. The molecule has 0 aromatic heterocycles. The smallest absolute Gasteiger partial charge is 0.306 e. The molecule has 0 spiro atoms. The molecule has 0 aliphatic heterocycles. The summed E-state index contributed by atoms with van der Waals surface area (Å²) in [6.45, 7) is 6.69. The van der Waals surface area contributed by atoms with Crippen molar-refractivity contribution in [1.82, 2.24) is 0 Å². The summed E-state index contributed by atoms with van der Waals surface area (Å²) in [6.07, 6.45) is 80.2. The number of hydrogen-bond donors (Lipinski definition) is 0. The highest BCUT2D eigenvalue weighted by molar-refractivity contribution is 5.71. The Labute approximate surface area is 474 Å². The third-order valence-electron chi connectivity index (χ3n) is 15.4. The number of ether oxygens (including phenoxy) is 3. The monoisotopic (exact) mass is 1070 g/mol. The zero-order valence-corrected chi connectivity index (χ0v) is 51.3. The van der Waals surface area contributed by atoms with Crippen molar-refractivity contribution in [3.05, 3.63) is 36.5 Å². The zero-order valence-electron chi connectivity index (χ0n) is 51.3. The molecular weight excluding hydrogens is 937 g/mol. The van der Waals surface area contributed by atoms with E-state index in [1.807, 2.05) is 0 Å². The van der Waals surface area contributed by atoms with Crippen LogP contribution in [0.1, 0.15) is 374 Å². The van der Waals surface area contributed by atoms with Crippen LogP contribution in [0.15, 0.2) is 36.5 Å². The summed E-state index contributed by atoms with van der Waals surface area (Å²) < 4.78 is 17.0. The van der Waals surface area contributed by atoms with Gasteiger partial charge >= 0.3 is 17.9 Å². The summed E-state index contributed by atoms with van der Waals surface area (Å²) in [5, 5.41) is 0. The molecule has 0 aromatic carbocycles. The van der Waals surface area contributed by atoms with E-state index in [9.17, 15) is 14.4 Å². The second-order valence-corrected chi connectivity index (χ2v) is 23.1. The maximum Gasteiger partial charge on any atom is 0.306 e. The Kier molecular flexibility index (Phi) is 63.1. The zero-order chi connectivity index (χ0) is 55.0. The van der Waals surface area contributed by atoms with Crippen LogP contribution in [0.3, 0.4) is 0 Å². The molecule has 0 aliphatic carbocycles. The number of allylic oxidation sites excluding steroid dienone is 6. The maximum atomic E-state index is 12.9. The van der Waals surface area contributed by atoms with E-state index in [1.54, 1.807) is 0 Å². The van der Waals surface area contributed by atoms with E-state index < -0.39 is 6.10 Å². The Bertz CT molecular complexity index is 1270. The van der Waals surface area contributed by atoms with Crippen molar-refractivity contribution < 1.29 is 28.6 Å². The molecule has 6 heteroatoms. The van der Waals surface area contributed by atoms with Crippen LogP contribution in [0.25, 0.3) is 0 Å². The first kappa shape index (κ1) is 73.6. The summed E-state index contributed by atoms with van der Waals surface area (Å²) >= 11 is 0. The van der Waals surface area contributed by atoms with Crippen LogP contribution in [0, 0.1) is 0 Å². The molecule has 446 valence electrons. The van der Waals surface area contributed by atoms with E-state index in [1.165, 1.54) is 263 Å². The lowest BCUT2D eigenvalue weighted by atomic mass is 10.0. The fraction of sp³-hybridized carbons (Fsp3) is 0.871. The molecule has 0 bridgehead atoms. The molecule has 1 unspecified atom stereocenters. The largest absolute Gasteiger partial charge is 0.462 e. The molecule has 0 aliphatic rings. The third kappa shape index (κ3) is 62.5. The molecule has 0 saturated carbocycles. The Morgan fingerprint density at radius 3 is 0.737 bits per heavy atom. The lowest BCUT2D eigenvalue weighted by molar-refractivity contribution is -0.167. The minimum atomic E-state index is -0.770. The maximum absolute atomic E-state index is 12.9. The van der Waals surface area contributed by atoms with Crippen LogP contribution in [0.2, 0.25) is 0 Å². The molecule has 6 nitrogen and oxygen atoms in total. The van der Waals surface area contributed by atoms with Gasteiger partial charge in [-0.3, -0.25) is 14.4 Å². The van der Waals surface area contributed by atoms with Gasteiger partial charge < -0.3 is 14.2 Å². The topological polar surface area (TPSA) is 78.9 Å². The van der Waals surface area contributed by atoms with E-state index >= 15 is 0 Å². The van der Waals surface area contributed by atoms with Gasteiger partial charge in [-0.1, -0.05) is 333 Å². The van der Waals surface area contributed by atoms with Gasteiger partial charge in [-0.15, -0.1) is 0 Å². The molecule has 0 radical (unpaired) electrons. The number of unbranched alkanes of at least 4 members (excludes halogenated alkanes) is 46. The first-order chi connectivity index (χ1) is 37.5. The van der Waals surface area contributed by atoms with E-state index in [4.69, 9.17) is 14.2 Å². The van der Waals surface area contributed by atoms with Crippen LogP contribution >= 0.6 is 0 Å². The predicted molar refractivity (Wildman–Crippen MR) is 330 cm³/mol. The molecule has 0 heterocycles. The Morgan fingerprint density at radius 2 is 0.474 bits per heavy atom. The van der Waals surface area contributed by atoms with Crippen molar-refractivity contribution in [2.75, 3.05) is 13.2 Å². The summed E-state index contributed by atoms with van der Waals surface area (Å²) in [4.78, 5) is 38.3. The van der Waals surface area contributed by atoms with Crippen molar-refractivity contribution in [3.8, 4) is 0 Å². The Balaban J connectivity index is 4.21. The van der Waals surface area contributed by atoms with Gasteiger partial charge in [0.15, 0.2) is 6.10 Å². The number of carbonyl (C=O) groups is 3. The average molecular weight is 1070 g/mol. The molecule has 76 heavy (non-hydrogen) atoms. The van der Waals surface area contributed by atoms with E-state index in [-0.39, 0.29) is 31.1 Å². The quantitative estimate of drug-likeness (QED) is 0.0261. The van der Waals surface area contributed by atoms with E-state index in [0.717, 1.165) is 70.6 Å². The fourth-order valence-corrected chi connectivity index (χ4v) is 10.3. The van der Waals surface area contributed by atoms with Crippen molar-refractivity contribution >= 4 is 17.9 Å². The van der Waals surface area contributed by atoms with Crippen molar-refractivity contribution in [2.45, 2.75) is 380 Å². The van der Waals surface area contributed by atoms with Gasteiger partial charge in [0.1, 0.15) is 13.2 Å². The van der Waals surface area contributed by atoms with E-state index in [2.05, 4.69) is 57.2 Å². The van der Waals surface area contributed by atoms with Crippen LogP contribution < -0.4 is 0 Å². The van der Waals surface area contributed by atoms with Crippen molar-refractivity contribution in [2.24, 2.45) is 0 Å². The standard InChI is InChI=1S/C70H130O6/c1-4-7-10-13-16-19-22-24-26-28-30-32-34-35-36-38-39-41-43-45-48-51-54-57-60-63-69(72)75-66-67(65-74-68(71)62-59-56-53-50-47-21-18-15-12-9-6-3)76-70(73)64-61-58-55-52-49-46-44-42-40-37-33-31-29-27-25-23-20-17-14-11-8-5-2/h22,24,28,30,34-35,67H,4-21,23,25-27,29,31-33,36-66H2,1-3H3/b24-22-,30-28-,35-34-. The van der Waals surface area contributed by atoms with Crippen molar-refractivity contribution in [3.63, 3.8) is 0 Å². The molecule has 1 atom stereocenters. The predicted octanol–water partition coefficient (Wildman–Crippen LogP) is 23.2. The van der Waals surface area contributed by atoms with Gasteiger partial charge in [0.05, 0.1) is 0 Å². The molecule has 0 aromatic rings. The highest BCUT2D eigenvalue weighted by Crippen LogP contribution is 2.18. The van der Waals surface area contributed by atoms with Gasteiger partial charge in [-0.2, -0.15) is 0 Å². The number of esters is 3. The normalized spacial score (nSPS) is 12.2. The minimum Gasteiger partial charge on any atom is -0.462 e. The van der Waals surface area contributed by atoms with Crippen molar-refractivity contribution in [1.29, 1.82) is 0 Å². The lowest BCUT2D eigenvalue weighted by Gasteiger charge is -2.18. The number of rotatable bonds is 63. The molecule has 0 N–H and O–H groups in total. The molecular formula is C70H130O6. The van der Waals surface area contributed by atoms with Gasteiger partial charge in [0, 0.05) is 19.3 Å². The number of hydrogen-bond acceptors (Lipinski definition) is 6. The molecule has 0 amide bonds. The van der Waals surface area contributed by atoms with Gasteiger partial charge in [-0.25, -0.2) is 0 Å². The summed E-state index contributed by atoms with van der Waals surface area (Å²) in [6, 6.07) is 0. The minimum absolute atomic E-state index is 0.0675. The summed E-state index contributed by atoms with van der Waals surface area (Å²) in [7, 11) is 0. The van der Waals surface area contributed by atoms with E-state index in [0.29, 0.717) is 19.3 Å². The lowest BCUT2D eigenvalue weighted by Crippen LogP contribution is -2.30. The molecule has 0 rings (SSSR count). The SMILES string of the molecule is CCCCCCC/C=C\C/C=C\C/C=C\CCCCCCCCCCCCC(=O)OCC(COC(=O)CCCCCCCCCCCCC)OC(=O)CCCCCCCCCCCCCCCCCCCCCCCC. The number of carbonyl (C=O) groups excluding carboxylic acids is 3.